The van der Waals surface area contributed by atoms with Crippen LogP contribution in [0.25, 0.3) is 0 Å². The molecule has 130 valence electrons. The van der Waals surface area contributed by atoms with Crippen molar-refractivity contribution < 1.29 is 9.47 Å². The Morgan fingerprint density at radius 2 is 2.04 bits per heavy atom. The number of anilines is 1. The predicted molar refractivity (Wildman–Crippen MR) is 95.3 cm³/mol. The van der Waals surface area contributed by atoms with E-state index in [1.807, 2.05) is 30.3 Å². The standard InChI is InChI=1S/C16H15Cl2N5O2/c1-24-14-6-11(8-19-16-20-22-23-21-16)13(18)7-15(14)25-9-10-3-2-4-12(17)5-10/h2-7H,8-9H2,1H3,(H2,19,20,21,22,23). The van der Waals surface area contributed by atoms with Crippen LogP contribution in [-0.4, -0.2) is 27.7 Å². The molecule has 0 bridgehead atoms. The maximum Gasteiger partial charge on any atom is 0.263 e. The second-order valence-corrected chi connectivity index (χ2v) is 5.95. The van der Waals surface area contributed by atoms with Crippen molar-refractivity contribution in [3.63, 3.8) is 0 Å². The van der Waals surface area contributed by atoms with Crippen LogP contribution in [0.3, 0.4) is 0 Å². The Bertz CT molecular complexity index is 843. The Balaban J connectivity index is 1.72. The molecule has 0 aliphatic rings. The van der Waals surface area contributed by atoms with E-state index in [-0.39, 0.29) is 0 Å². The fourth-order valence-electron chi connectivity index (χ4n) is 2.18. The number of methoxy groups -OCH3 is 1. The monoisotopic (exact) mass is 379 g/mol. The van der Waals surface area contributed by atoms with Gasteiger partial charge < -0.3 is 14.8 Å². The van der Waals surface area contributed by atoms with Gasteiger partial charge in [0.05, 0.1) is 7.11 Å². The van der Waals surface area contributed by atoms with Crippen molar-refractivity contribution in [3.8, 4) is 11.5 Å². The molecule has 9 heteroatoms. The van der Waals surface area contributed by atoms with Crippen molar-refractivity contribution in [1.29, 1.82) is 0 Å². The van der Waals surface area contributed by atoms with Gasteiger partial charge in [0, 0.05) is 22.7 Å². The van der Waals surface area contributed by atoms with Gasteiger partial charge in [-0.1, -0.05) is 40.4 Å². The van der Waals surface area contributed by atoms with Crippen LogP contribution in [0.15, 0.2) is 36.4 Å². The maximum atomic E-state index is 6.34. The summed E-state index contributed by atoms with van der Waals surface area (Å²) in [6, 6.07) is 11.0. The molecule has 0 saturated carbocycles. The zero-order valence-corrected chi connectivity index (χ0v) is 14.8. The molecule has 2 aromatic carbocycles. The van der Waals surface area contributed by atoms with E-state index in [2.05, 4.69) is 25.9 Å². The molecule has 0 fully saturated rings. The zero-order valence-electron chi connectivity index (χ0n) is 13.3. The summed E-state index contributed by atoms with van der Waals surface area (Å²) in [5.41, 5.74) is 1.77. The number of tetrazole rings is 1. The van der Waals surface area contributed by atoms with Crippen molar-refractivity contribution in [2.45, 2.75) is 13.2 Å². The summed E-state index contributed by atoms with van der Waals surface area (Å²) in [6.45, 7) is 0.775. The molecule has 0 aliphatic carbocycles. The molecule has 0 amide bonds. The second kappa shape index (κ2) is 8.04. The first-order chi connectivity index (χ1) is 12.2. The zero-order chi connectivity index (χ0) is 17.6. The summed E-state index contributed by atoms with van der Waals surface area (Å²) >= 11 is 12.3. The molecular weight excluding hydrogens is 365 g/mol. The number of hydrogen-bond acceptors (Lipinski definition) is 6. The van der Waals surface area contributed by atoms with Crippen molar-refractivity contribution in [3.05, 3.63) is 57.6 Å². The van der Waals surface area contributed by atoms with E-state index in [1.54, 1.807) is 13.2 Å². The Morgan fingerprint density at radius 1 is 1.16 bits per heavy atom. The quantitative estimate of drug-likeness (QED) is 0.650. The topological polar surface area (TPSA) is 85.0 Å². The minimum absolute atomic E-state index is 0.355. The van der Waals surface area contributed by atoms with Gasteiger partial charge in [0.2, 0.25) is 0 Å². The van der Waals surface area contributed by atoms with Gasteiger partial charge in [0.15, 0.2) is 11.5 Å². The highest BCUT2D eigenvalue weighted by Crippen LogP contribution is 2.34. The second-order valence-electron chi connectivity index (χ2n) is 5.10. The Labute approximate surface area is 154 Å². The summed E-state index contributed by atoms with van der Waals surface area (Å²) in [5.74, 6) is 1.52. The Hall–Kier alpha value is -2.51. The van der Waals surface area contributed by atoms with Crippen molar-refractivity contribution >= 4 is 29.2 Å². The molecule has 2 N–H and O–H groups in total. The minimum Gasteiger partial charge on any atom is -0.493 e. The molecule has 7 nitrogen and oxygen atoms in total. The smallest absolute Gasteiger partial charge is 0.263 e. The van der Waals surface area contributed by atoms with Crippen LogP contribution in [-0.2, 0) is 13.2 Å². The molecule has 0 aliphatic heterocycles. The fourth-order valence-corrected chi connectivity index (χ4v) is 2.62. The average molecular weight is 380 g/mol. The number of halogens is 2. The number of nitrogens with one attached hydrogen (secondary N) is 2. The molecule has 25 heavy (non-hydrogen) atoms. The van der Waals surface area contributed by atoms with Crippen LogP contribution < -0.4 is 14.8 Å². The number of hydrogen-bond donors (Lipinski definition) is 2. The van der Waals surface area contributed by atoms with E-state index >= 15 is 0 Å². The predicted octanol–water partition coefficient (Wildman–Crippen LogP) is 3.71. The van der Waals surface area contributed by atoms with Gasteiger partial charge in [-0.15, -0.1) is 5.10 Å². The van der Waals surface area contributed by atoms with Gasteiger partial charge in [0.1, 0.15) is 6.61 Å². The normalized spacial score (nSPS) is 10.5. The first-order valence-corrected chi connectivity index (χ1v) is 8.12. The number of nitrogens with zero attached hydrogens (tertiary/aromatic N) is 3. The van der Waals surface area contributed by atoms with Crippen LogP contribution in [0.2, 0.25) is 10.0 Å². The molecule has 3 aromatic rings. The number of aromatic nitrogens is 4. The number of ether oxygens (including phenoxy) is 2. The lowest BCUT2D eigenvalue weighted by Crippen LogP contribution is -2.04. The van der Waals surface area contributed by atoms with Crippen LogP contribution in [0.5, 0.6) is 11.5 Å². The lowest BCUT2D eigenvalue weighted by atomic mass is 10.2. The van der Waals surface area contributed by atoms with Gasteiger partial charge in [-0.3, -0.25) is 0 Å². The molecule has 0 atom stereocenters. The third-order valence-corrected chi connectivity index (χ3v) is 3.99. The van der Waals surface area contributed by atoms with E-state index in [1.165, 1.54) is 0 Å². The molecule has 1 heterocycles. The summed E-state index contributed by atoms with van der Waals surface area (Å²) in [4.78, 5) is 0. The van der Waals surface area contributed by atoms with Crippen molar-refractivity contribution in [2.24, 2.45) is 0 Å². The third-order valence-electron chi connectivity index (χ3n) is 3.40. The third kappa shape index (κ3) is 4.52. The van der Waals surface area contributed by atoms with E-state index in [0.717, 1.165) is 11.1 Å². The number of aromatic amines is 1. The van der Waals surface area contributed by atoms with Gasteiger partial charge in [-0.25, -0.2) is 0 Å². The summed E-state index contributed by atoms with van der Waals surface area (Å²) in [5, 5.41) is 17.7. The molecule has 0 unspecified atom stereocenters. The average Bonchev–Trinajstić information content (AvgIpc) is 3.12. The maximum absolute atomic E-state index is 6.34. The SMILES string of the molecule is COc1cc(CNc2nn[nH]n2)c(Cl)cc1OCc1cccc(Cl)c1. The van der Waals surface area contributed by atoms with Crippen LogP contribution >= 0.6 is 23.2 Å². The fraction of sp³-hybridized carbons (Fsp3) is 0.188. The van der Waals surface area contributed by atoms with Crippen LogP contribution in [0.1, 0.15) is 11.1 Å². The number of rotatable bonds is 7. The highest BCUT2D eigenvalue weighted by atomic mass is 35.5. The van der Waals surface area contributed by atoms with Crippen LogP contribution in [0.4, 0.5) is 5.95 Å². The summed E-state index contributed by atoms with van der Waals surface area (Å²) < 4.78 is 11.2. The first-order valence-electron chi connectivity index (χ1n) is 7.36. The Morgan fingerprint density at radius 3 is 2.76 bits per heavy atom. The summed E-state index contributed by atoms with van der Waals surface area (Å²) in [7, 11) is 1.58. The highest BCUT2D eigenvalue weighted by Gasteiger charge is 2.12. The van der Waals surface area contributed by atoms with E-state index in [9.17, 15) is 0 Å². The molecule has 0 saturated heterocycles. The van der Waals surface area contributed by atoms with Gasteiger partial charge in [-0.05, 0) is 34.5 Å². The lowest BCUT2D eigenvalue weighted by molar-refractivity contribution is 0.284. The number of H-pyrrole nitrogens is 1. The van der Waals surface area contributed by atoms with E-state index in [4.69, 9.17) is 32.7 Å². The minimum atomic E-state index is 0.355. The summed E-state index contributed by atoms with van der Waals surface area (Å²) in [6.07, 6.45) is 0. The first kappa shape index (κ1) is 17.3. The largest absolute Gasteiger partial charge is 0.493 e. The molecule has 0 radical (unpaired) electrons. The Kier molecular flexibility index (Phi) is 5.57. The van der Waals surface area contributed by atoms with Gasteiger partial charge in [0.25, 0.3) is 5.95 Å². The van der Waals surface area contributed by atoms with Crippen molar-refractivity contribution in [1.82, 2.24) is 20.6 Å². The highest BCUT2D eigenvalue weighted by molar-refractivity contribution is 6.31. The van der Waals surface area contributed by atoms with Gasteiger partial charge >= 0.3 is 0 Å². The van der Waals surface area contributed by atoms with Crippen molar-refractivity contribution in [2.75, 3.05) is 12.4 Å². The van der Waals surface area contributed by atoms with Crippen LogP contribution in [0, 0.1) is 0 Å². The van der Waals surface area contributed by atoms with E-state index < -0.39 is 0 Å². The molecule has 1 aromatic heterocycles. The molecule has 0 spiro atoms. The van der Waals surface area contributed by atoms with E-state index in [0.29, 0.717) is 40.6 Å². The lowest BCUT2D eigenvalue weighted by Gasteiger charge is -2.14. The van der Waals surface area contributed by atoms with Gasteiger partial charge in [-0.2, -0.15) is 5.21 Å². The molecular formula is C16H15Cl2N5O2. The molecule has 3 rings (SSSR count). The number of benzene rings is 2.